The molecule has 0 aliphatic heterocycles. The number of nitrogens with one attached hydrogen (secondary N) is 1. The third kappa shape index (κ3) is 7.76. The number of alkyl carbamates (subject to hydrolysis) is 1. The van der Waals surface area contributed by atoms with Crippen molar-refractivity contribution in [1.29, 1.82) is 0 Å². The summed E-state index contributed by atoms with van der Waals surface area (Å²) in [6.07, 6.45) is 0.255. The van der Waals surface area contributed by atoms with Crippen molar-refractivity contribution in [3.8, 4) is 0 Å². The Kier molecular flexibility index (Phi) is 8.21. The van der Waals surface area contributed by atoms with Crippen LogP contribution in [0.15, 0.2) is 9.64 Å². The zero-order valence-corrected chi connectivity index (χ0v) is 16.4. The van der Waals surface area contributed by atoms with E-state index in [1.165, 1.54) is 0 Å². The highest BCUT2D eigenvalue weighted by atomic mass is 32.2. The number of carbonyl (C=O) groups excluding carboxylic acids is 2. The molecule has 0 fully saturated rings. The lowest BCUT2D eigenvalue weighted by Crippen LogP contribution is -2.37. The largest absolute Gasteiger partial charge is 0.465 e. The van der Waals surface area contributed by atoms with Crippen LogP contribution in [-0.2, 0) is 14.3 Å². The summed E-state index contributed by atoms with van der Waals surface area (Å²) < 4.78 is 15.7. The first-order valence-electron chi connectivity index (χ1n) is 8.27. The second-order valence-electron chi connectivity index (χ2n) is 6.51. The van der Waals surface area contributed by atoms with Gasteiger partial charge in [0.05, 0.1) is 6.61 Å². The molecule has 0 spiro atoms. The highest BCUT2D eigenvalue weighted by Gasteiger charge is 2.28. The number of rotatable bonds is 8. The molecule has 8 nitrogen and oxygen atoms in total. The van der Waals surface area contributed by atoms with Gasteiger partial charge in [-0.25, -0.2) is 4.79 Å². The van der Waals surface area contributed by atoms with E-state index in [1.54, 1.807) is 27.7 Å². The van der Waals surface area contributed by atoms with Crippen LogP contribution in [0.4, 0.5) is 4.79 Å². The number of nitrogens with zero attached hydrogens (tertiary/aromatic N) is 2. The molecule has 0 aliphatic carbocycles. The summed E-state index contributed by atoms with van der Waals surface area (Å²) in [7, 11) is 0. The Labute approximate surface area is 152 Å². The highest BCUT2D eigenvalue weighted by Crippen LogP contribution is 2.26. The van der Waals surface area contributed by atoms with Gasteiger partial charge in [0.1, 0.15) is 17.4 Å². The summed E-state index contributed by atoms with van der Waals surface area (Å²) in [5.74, 6) is 0.0863. The quantitative estimate of drug-likeness (QED) is 0.546. The van der Waals surface area contributed by atoms with Gasteiger partial charge in [0.15, 0.2) is 0 Å². The molecule has 25 heavy (non-hydrogen) atoms. The van der Waals surface area contributed by atoms with Gasteiger partial charge in [0.2, 0.25) is 5.89 Å². The Hall–Kier alpha value is -1.77. The fourth-order valence-electron chi connectivity index (χ4n) is 1.85. The average molecular weight is 373 g/mol. The smallest absolute Gasteiger partial charge is 0.408 e. The van der Waals surface area contributed by atoms with E-state index in [9.17, 15) is 9.59 Å². The Morgan fingerprint density at radius 1 is 1.28 bits per heavy atom. The number of esters is 1. The molecule has 1 rings (SSSR count). The van der Waals surface area contributed by atoms with Gasteiger partial charge in [-0.3, -0.25) is 4.79 Å². The second kappa shape index (κ2) is 9.65. The summed E-state index contributed by atoms with van der Waals surface area (Å²) >= 11 is 1.10. The number of thioether (sulfide) groups is 1. The van der Waals surface area contributed by atoms with Gasteiger partial charge in [-0.2, -0.15) is 0 Å². The maximum Gasteiger partial charge on any atom is 0.408 e. The Morgan fingerprint density at radius 3 is 2.52 bits per heavy atom. The molecule has 0 radical (unpaired) electrons. The Balaban J connectivity index is 2.76. The molecule has 142 valence electrons. The number of hydrogen-bond acceptors (Lipinski definition) is 8. The van der Waals surface area contributed by atoms with Gasteiger partial charge in [0, 0.05) is 0 Å². The van der Waals surface area contributed by atoms with Crippen LogP contribution < -0.4 is 5.32 Å². The van der Waals surface area contributed by atoms with E-state index in [-0.39, 0.29) is 28.8 Å². The fourth-order valence-corrected chi connectivity index (χ4v) is 2.41. The molecule has 1 aromatic rings. The van der Waals surface area contributed by atoms with Crippen molar-refractivity contribution in [2.75, 3.05) is 12.4 Å². The molecule has 1 aromatic heterocycles. The van der Waals surface area contributed by atoms with E-state index >= 15 is 0 Å². The molecule has 0 saturated heterocycles. The van der Waals surface area contributed by atoms with Crippen molar-refractivity contribution in [1.82, 2.24) is 15.5 Å². The Morgan fingerprint density at radius 2 is 1.96 bits per heavy atom. The van der Waals surface area contributed by atoms with Crippen molar-refractivity contribution in [2.24, 2.45) is 5.92 Å². The van der Waals surface area contributed by atoms with Gasteiger partial charge >= 0.3 is 12.1 Å². The van der Waals surface area contributed by atoms with E-state index in [0.29, 0.717) is 6.61 Å². The Bertz CT molecular complexity index is 570. The van der Waals surface area contributed by atoms with Crippen molar-refractivity contribution in [3.63, 3.8) is 0 Å². The average Bonchev–Trinajstić information content (AvgIpc) is 2.97. The minimum absolute atomic E-state index is 0.0656. The first-order valence-corrected chi connectivity index (χ1v) is 9.26. The van der Waals surface area contributed by atoms with Gasteiger partial charge in [-0.1, -0.05) is 32.0 Å². The lowest BCUT2D eigenvalue weighted by atomic mass is 9.99. The van der Waals surface area contributed by atoms with E-state index in [2.05, 4.69) is 15.5 Å². The zero-order chi connectivity index (χ0) is 19.0. The van der Waals surface area contributed by atoms with Crippen molar-refractivity contribution < 1.29 is 23.5 Å². The van der Waals surface area contributed by atoms with Crippen LogP contribution in [-0.4, -0.2) is 40.2 Å². The predicted octanol–water partition coefficient (Wildman–Crippen LogP) is 3.34. The molecular weight excluding hydrogens is 346 g/mol. The second-order valence-corrected chi connectivity index (χ2v) is 7.44. The lowest BCUT2D eigenvalue weighted by molar-refractivity contribution is -0.139. The molecule has 0 saturated carbocycles. The summed E-state index contributed by atoms with van der Waals surface area (Å²) in [5.41, 5.74) is -0.598. The van der Waals surface area contributed by atoms with Gasteiger partial charge < -0.3 is 19.2 Å². The first kappa shape index (κ1) is 21.3. The molecule has 0 aliphatic rings. The molecular formula is C16H27N3O5S. The number of carbonyl (C=O) groups is 2. The third-order valence-electron chi connectivity index (χ3n) is 3.19. The highest BCUT2D eigenvalue weighted by molar-refractivity contribution is 7.99. The summed E-state index contributed by atoms with van der Waals surface area (Å²) in [6.45, 7) is 11.4. The number of aromatic nitrogens is 2. The number of ether oxygens (including phenoxy) is 2. The first-order chi connectivity index (χ1) is 11.7. The lowest BCUT2D eigenvalue weighted by Gasteiger charge is -2.24. The summed E-state index contributed by atoms with van der Waals surface area (Å²) in [5, 5.41) is 10.9. The normalized spacial score (nSPS) is 13.8. The standard InChI is InChI=1S/C16H27N3O5S/c1-7-10(3)12(17-14(21)24-16(4,5)6)13-18-19-15(23-13)25-9-11(20)22-8-2/h10,12H,7-9H2,1-6H3,(H,17,21)/t10-,12-/m0/s1. The van der Waals surface area contributed by atoms with E-state index < -0.39 is 17.7 Å². The van der Waals surface area contributed by atoms with Gasteiger partial charge in [0.25, 0.3) is 5.22 Å². The summed E-state index contributed by atoms with van der Waals surface area (Å²) in [6, 6.07) is -0.468. The molecule has 1 N–H and O–H groups in total. The molecule has 0 bridgehead atoms. The predicted molar refractivity (Wildman–Crippen MR) is 93.2 cm³/mol. The number of amides is 1. The molecule has 2 atom stereocenters. The molecule has 1 heterocycles. The monoisotopic (exact) mass is 373 g/mol. The van der Waals surface area contributed by atoms with Crippen molar-refractivity contribution in [3.05, 3.63) is 5.89 Å². The van der Waals surface area contributed by atoms with Crippen LogP contribution in [0.1, 0.15) is 59.9 Å². The zero-order valence-electron chi connectivity index (χ0n) is 15.6. The van der Waals surface area contributed by atoms with Crippen LogP contribution in [0.25, 0.3) is 0 Å². The minimum atomic E-state index is -0.598. The molecule has 0 aromatic carbocycles. The van der Waals surface area contributed by atoms with E-state index in [1.807, 2.05) is 13.8 Å². The SMILES string of the molecule is CCOC(=O)CSc1nnc([C@@H](NC(=O)OC(C)(C)C)[C@@H](C)CC)o1. The van der Waals surface area contributed by atoms with Gasteiger partial charge in [-0.05, 0) is 33.6 Å². The number of hydrogen-bond donors (Lipinski definition) is 1. The van der Waals surface area contributed by atoms with Crippen LogP contribution in [0.3, 0.4) is 0 Å². The van der Waals surface area contributed by atoms with E-state index in [4.69, 9.17) is 13.9 Å². The third-order valence-corrected chi connectivity index (χ3v) is 3.98. The summed E-state index contributed by atoms with van der Waals surface area (Å²) in [4.78, 5) is 23.5. The minimum Gasteiger partial charge on any atom is -0.465 e. The maximum atomic E-state index is 12.1. The molecule has 9 heteroatoms. The van der Waals surface area contributed by atoms with Crippen molar-refractivity contribution >= 4 is 23.8 Å². The van der Waals surface area contributed by atoms with Crippen LogP contribution >= 0.6 is 11.8 Å². The molecule has 1 amide bonds. The van der Waals surface area contributed by atoms with Crippen LogP contribution in [0.5, 0.6) is 0 Å². The van der Waals surface area contributed by atoms with Crippen LogP contribution in [0, 0.1) is 5.92 Å². The van der Waals surface area contributed by atoms with Crippen molar-refractivity contribution in [2.45, 2.75) is 64.8 Å². The maximum absolute atomic E-state index is 12.1. The van der Waals surface area contributed by atoms with Crippen LogP contribution in [0.2, 0.25) is 0 Å². The van der Waals surface area contributed by atoms with Gasteiger partial charge in [-0.15, -0.1) is 10.2 Å². The van der Waals surface area contributed by atoms with E-state index in [0.717, 1.165) is 18.2 Å². The topological polar surface area (TPSA) is 104 Å². The molecule has 0 unspecified atom stereocenters. The fraction of sp³-hybridized carbons (Fsp3) is 0.750.